The number of benzene rings is 1. The Morgan fingerprint density at radius 3 is 3.06 bits per heavy atom. The molecule has 1 N–H and O–H groups in total. The van der Waals surface area contributed by atoms with Crippen molar-refractivity contribution in [2.45, 2.75) is 5.92 Å². The highest BCUT2D eigenvalue weighted by atomic mass is 127. The number of hydrogen-bond donors (Lipinski definition) is 1. The molecular weight excluding hydrogens is 331 g/mol. The average molecular weight is 340 g/mol. The van der Waals surface area contributed by atoms with Crippen LogP contribution < -0.4 is 10.3 Å². The van der Waals surface area contributed by atoms with Crippen LogP contribution in [0.4, 0.5) is 0 Å². The van der Waals surface area contributed by atoms with Gasteiger partial charge >= 0.3 is 0 Å². The number of fused-ring (bicyclic) bond motifs is 1. The van der Waals surface area contributed by atoms with Gasteiger partial charge in [-0.15, -0.1) is 0 Å². The van der Waals surface area contributed by atoms with Crippen LogP contribution in [-0.2, 0) is 0 Å². The van der Waals surface area contributed by atoms with Gasteiger partial charge in [-0.3, -0.25) is 4.79 Å². The molecule has 0 saturated heterocycles. The summed E-state index contributed by atoms with van der Waals surface area (Å²) in [5, 5.41) is 0. The third kappa shape index (κ3) is 1.84. The molecule has 0 aliphatic carbocycles. The SMILES string of the molecule is O=c1[nH]c(C2COc3ccccc32)ncc1I. The van der Waals surface area contributed by atoms with Crippen LogP contribution in [0.25, 0.3) is 0 Å². The zero-order chi connectivity index (χ0) is 11.8. The number of ether oxygens (including phenoxy) is 1. The molecule has 1 unspecified atom stereocenters. The summed E-state index contributed by atoms with van der Waals surface area (Å²) >= 11 is 1.97. The largest absolute Gasteiger partial charge is 0.492 e. The van der Waals surface area contributed by atoms with Crippen LogP contribution >= 0.6 is 22.6 Å². The number of aromatic nitrogens is 2. The highest BCUT2D eigenvalue weighted by Crippen LogP contribution is 2.35. The van der Waals surface area contributed by atoms with Crippen LogP contribution in [0, 0.1) is 3.57 Å². The van der Waals surface area contributed by atoms with Crippen LogP contribution in [0.15, 0.2) is 35.3 Å². The van der Waals surface area contributed by atoms with Crippen LogP contribution in [-0.4, -0.2) is 16.6 Å². The number of nitrogens with one attached hydrogen (secondary N) is 1. The standard InChI is InChI=1S/C12H9IN2O2/c13-9-5-14-11(15-12(9)16)8-6-17-10-4-2-1-3-7(8)10/h1-5,8H,6H2,(H,14,15,16). The van der Waals surface area contributed by atoms with E-state index in [4.69, 9.17) is 4.74 Å². The smallest absolute Gasteiger partial charge is 0.264 e. The Balaban J connectivity index is 2.07. The first-order chi connectivity index (χ1) is 8.25. The van der Waals surface area contributed by atoms with Gasteiger partial charge in [0.2, 0.25) is 0 Å². The summed E-state index contributed by atoms with van der Waals surface area (Å²) in [7, 11) is 0. The maximum atomic E-state index is 11.6. The molecule has 86 valence electrons. The van der Waals surface area contributed by atoms with E-state index in [1.165, 1.54) is 0 Å². The summed E-state index contributed by atoms with van der Waals surface area (Å²) in [4.78, 5) is 18.6. The molecule has 0 amide bonds. The average Bonchev–Trinajstić information content (AvgIpc) is 2.76. The number of halogens is 1. The highest BCUT2D eigenvalue weighted by molar-refractivity contribution is 14.1. The fourth-order valence-corrected chi connectivity index (χ4v) is 2.23. The summed E-state index contributed by atoms with van der Waals surface area (Å²) in [6.45, 7) is 0.531. The van der Waals surface area contributed by atoms with E-state index in [1.807, 2.05) is 46.9 Å². The minimum absolute atomic E-state index is 0.0240. The molecule has 0 fully saturated rings. The Hall–Kier alpha value is -1.37. The van der Waals surface area contributed by atoms with Gasteiger partial charge in [0.15, 0.2) is 0 Å². The van der Waals surface area contributed by atoms with Crippen molar-refractivity contribution in [1.29, 1.82) is 0 Å². The van der Waals surface area contributed by atoms with E-state index in [-0.39, 0.29) is 11.5 Å². The summed E-state index contributed by atoms with van der Waals surface area (Å²) in [6.07, 6.45) is 1.59. The first-order valence-corrected chi connectivity index (χ1v) is 6.30. The van der Waals surface area contributed by atoms with Crippen molar-refractivity contribution >= 4 is 22.6 Å². The van der Waals surface area contributed by atoms with Crippen LogP contribution in [0.3, 0.4) is 0 Å². The van der Waals surface area contributed by atoms with E-state index < -0.39 is 0 Å². The van der Waals surface area contributed by atoms with Crippen LogP contribution in [0.2, 0.25) is 0 Å². The molecular formula is C12H9IN2O2. The van der Waals surface area contributed by atoms with Gasteiger partial charge in [0.05, 0.1) is 9.49 Å². The number of aromatic amines is 1. The predicted octanol–water partition coefficient (Wildman–Crippen LogP) is 1.90. The molecule has 1 atom stereocenters. The van der Waals surface area contributed by atoms with Gasteiger partial charge in [0, 0.05) is 11.8 Å². The summed E-state index contributed by atoms with van der Waals surface area (Å²) in [5.74, 6) is 1.56. The van der Waals surface area contributed by atoms with Crippen molar-refractivity contribution in [3.63, 3.8) is 0 Å². The Kier molecular flexibility index (Phi) is 2.62. The maximum Gasteiger partial charge on any atom is 0.264 e. The van der Waals surface area contributed by atoms with Crippen molar-refractivity contribution in [2.75, 3.05) is 6.61 Å². The summed E-state index contributed by atoms with van der Waals surface area (Å²) < 4.78 is 6.17. The fourth-order valence-electron chi connectivity index (χ4n) is 1.96. The molecule has 0 spiro atoms. The normalized spacial score (nSPS) is 17.6. The van der Waals surface area contributed by atoms with Gasteiger partial charge < -0.3 is 9.72 Å². The molecule has 17 heavy (non-hydrogen) atoms. The Morgan fingerprint density at radius 2 is 2.24 bits per heavy atom. The van der Waals surface area contributed by atoms with E-state index >= 15 is 0 Å². The highest BCUT2D eigenvalue weighted by Gasteiger charge is 2.27. The van der Waals surface area contributed by atoms with Gasteiger partial charge in [-0.2, -0.15) is 0 Å². The minimum atomic E-state index is -0.0972. The lowest BCUT2D eigenvalue weighted by Gasteiger charge is -2.07. The Bertz CT molecular complexity index is 624. The molecule has 1 aromatic carbocycles. The van der Waals surface area contributed by atoms with E-state index in [9.17, 15) is 4.79 Å². The van der Waals surface area contributed by atoms with Crippen LogP contribution in [0.1, 0.15) is 17.3 Å². The molecule has 4 nitrogen and oxygen atoms in total. The number of H-pyrrole nitrogens is 1. The van der Waals surface area contributed by atoms with Crippen molar-refractivity contribution in [1.82, 2.24) is 9.97 Å². The summed E-state index contributed by atoms with van der Waals surface area (Å²) in [6, 6.07) is 7.84. The molecule has 0 radical (unpaired) electrons. The molecule has 3 rings (SSSR count). The first kappa shape index (κ1) is 10.8. The zero-order valence-corrected chi connectivity index (χ0v) is 11.0. The van der Waals surface area contributed by atoms with Crippen molar-refractivity contribution < 1.29 is 4.74 Å². The topological polar surface area (TPSA) is 55.0 Å². The lowest BCUT2D eigenvalue weighted by atomic mass is 10.0. The van der Waals surface area contributed by atoms with E-state index in [0.717, 1.165) is 11.3 Å². The summed E-state index contributed by atoms with van der Waals surface area (Å²) in [5.41, 5.74) is 0.983. The van der Waals surface area contributed by atoms with Gasteiger partial charge in [-0.05, 0) is 28.7 Å². The van der Waals surface area contributed by atoms with Gasteiger partial charge in [-0.1, -0.05) is 18.2 Å². The third-order valence-electron chi connectivity index (χ3n) is 2.81. The monoisotopic (exact) mass is 340 g/mol. The Morgan fingerprint density at radius 1 is 1.41 bits per heavy atom. The second kappa shape index (κ2) is 4.14. The first-order valence-electron chi connectivity index (χ1n) is 5.22. The molecule has 5 heteroatoms. The molecule has 1 aliphatic heterocycles. The van der Waals surface area contributed by atoms with Crippen molar-refractivity contribution in [3.05, 3.63) is 55.8 Å². The minimum Gasteiger partial charge on any atom is -0.492 e. The van der Waals surface area contributed by atoms with E-state index in [0.29, 0.717) is 16.0 Å². The lowest BCUT2D eigenvalue weighted by molar-refractivity contribution is 0.339. The molecule has 0 bridgehead atoms. The third-order valence-corrected chi connectivity index (χ3v) is 3.57. The number of hydrogen-bond acceptors (Lipinski definition) is 3. The second-order valence-electron chi connectivity index (χ2n) is 3.85. The van der Waals surface area contributed by atoms with Gasteiger partial charge in [-0.25, -0.2) is 4.98 Å². The quantitative estimate of drug-likeness (QED) is 0.807. The molecule has 1 aromatic heterocycles. The second-order valence-corrected chi connectivity index (χ2v) is 5.01. The molecule has 2 aromatic rings. The maximum absolute atomic E-state index is 11.6. The Labute approximate surface area is 111 Å². The fraction of sp³-hybridized carbons (Fsp3) is 0.167. The predicted molar refractivity (Wildman–Crippen MR) is 71.4 cm³/mol. The number of rotatable bonds is 1. The lowest BCUT2D eigenvalue weighted by Crippen LogP contribution is -2.17. The number of nitrogens with zero attached hydrogens (tertiary/aromatic N) is 1. The van der Waals surface area contributed by atoms with Crippen LogP contribution in [0.5, 0.6) is 5.75 Å². The van der Waals surface area contributed by atoms with Crippen molar-refractivity contribution in [3.8, 4) is 5.75 Å². The van der Waals surface area contributed by atoms with Gasteiger partial charge in [0.25, 0.3) is 5.56 Å². The zero-order valence-electron chi connectivity index (χ0n) is 8.81. The van der Waals surface area contributed by atoms with E-state index in [1.54, 1.807) is 6.20 Å². The van der Waals surface area contributed by atoms with Gasteiger partial charge in [0.1, 0.15) is 18.2 Å². The van der Waals surface area contributed by atoms with Crippen molar-refractivity contribution in [2.24, 2.45) is 0 Å². The van der Waals surface area contributed by atoms with E-state index in [2.05, 4.69) is 9.97 Å². The molecule has 0 saturated carbocycles. The number of para-hydroxylation sites is 1. The molecule has 1 aliphatic rings. The molecule has 2 heterocycles.